The standard InChI is InChI=1S/C27H56NO4/c1-3-4-5-6-7-8-9-10-11-12-13-14-15-16-17-18-19-28(2,20-24-31-26-22-29)21-25-32-27-23-30/h10-11,29-30H,3-9,12-27H2,1-2H3/q+1/b11-10-. The highest BCUT2D eigenvalue weighted by Crippen LogP contribution is 2.12. The first-order valence-electron chi connectivity index (χ1n) is 13.5. The van der Waals surface area contributed by atoms with Crippen LogP contribution in [0.5, 0.6) is 0 Å². The Hall–Kier alpha value is -0.460. The zero-order valence-corrected chi connectivity index (χ0v) is 21.6. The monoisotopic (exact) mass is 458 g/mol. The van der Waals surface area contributed by atoms with Crippen LogP contribution in [0.4, 0.5) is 0 Å². The molecule has 0 unspecified atom stereocenters. The van der Waals surface area contributed by atoms with E-state index in [0.717, 1.165) is 24.1 Å². The summed E-state index contributed by atoms with van der Waals surface area (Å²) in [6, 6.07) is 0. The van der Waals surface area contributed by atoms with Crippen molar-refractivity contribution in [3.8, 4) is 0 Å². The number of allylic oxidation sites excluding steroid dienone is 2. The molecule has 0 amide bonds. The summed E-state index contributed by atoms with van der Waals surface area (Å²) in [4.78, 5) is 0. The Kier molecular flexibility index (Phi) is 24.8. The van der Waals surface area contributed by atoms with Gasteiger partial charge >= 0.3 is 0 Å². The predicted octanol–water partition coefficient (Wildman–Crippen LogP) is 5.49. The van der Waals surface area contributed by atoms with Gasteiger partial charge in [0.05, 0.1) is 53.2 Å². The van der Waals surface area contributed by atoms with Crippen LogP contribution in [0.1, 0.15) is 96.8 Å². The highest BCUT2D eigenvalue weighted by Gasteiger charge is 2.20. The number of aliphatic hydroxyl groups is 2. The largest absolute Gasteiger partial charge is 0.394 e. The lowest BCUT2D eigenvalue weighted by molar-refractivity contribution is -0.910. The van der Waals surface area contributed by atoms with Crippen LogP contribution < -0.4 is 0 Å². The summed E-state index contributed by atoms with van der Waals surface area (Å²) in [5, 5.41) is 17.8. The van der Waals surface area contributed by atoms with E-state index in [1.165, 1.54) is 89.9 Å². The Morgan fingerprint density at radius 2 is 1.00 bits per heavy atom. The van der Waals surface area contributed by atoms with Gasteiger partial charge in [-0.3, -0.25) is 0 Å². The van der Waals surface area contributed by atoms with Crippen LogP contribution in [-0.2, 0) is 9.47 Å². The molecule has 0 spiro atoms. The van der Waals surface area contributed by atoms with E-state index in [0.29, 0.717) is 26.4 Å². The van der Waals surface area contributed by atoms with Gasteiger partial charge in [-0.1, -0.05) is 70.4 Å². The van der Waals surface area contributed by atoms with E-state index < -0.39 is 0 Å². The molecular formula is C27H56NO4+. The van der Waals surface area contributed by atoms with Crippen molar-refractivity contribution in [1.82, 2.24) is 0 Å². The van der Waals surface area contributed by atoms with Crippen LogP contribution in [0.25, 0.3) is 0 Å². The van der Waals surface area contributed by atoms with E-state index in [9.17, 15) is 0 Å². The second kappa shape index (κ2) is 25.2. The molecule has 0 aromatic heterocycles. The van der Waals surface area contributed by atoms with E-state index >= 15 is 0 Å². The predicted molar refractivity (Wildman–Crippen MR) is 136 cm³/mol. The van der Waals surface area contributed by atoms with Crippen LogP contribution in [0.2, 0.25) is 0 Å². The Balaban J connectivity index is 3.70. The molecule has 0 aliphatic heterocycles. The summed E-state index contributed by atoms with van der Waals surface area (Å²) >= 11 is 0. The van der Waals surface area contributed by atoms with Crippen molar-refractivity contribution in [3.05, 3.63) is 12.2 Å². The quantitative estimate of drug-likeness (QED) is 0.102. The molecule has 0 aromatic rings. The summed E-state index contributed by atoms with van der Waals surface area (Å²) in [6.45, 7) is 7.61. The lowest BCUT2D eigenvalue weighted by Gasteiger charge is -2.34. The molecule has 0 aromatic carbocycles. The summed E-state index contributed by atoms with van der Waals surface area (Å²) < 4.78 is 11.9. The lowest BCUT2D eigenvalue weighted by atomic mass is 10.1. The summed E-state index contributed by atoms with van der Waals surface area (Å²) in [7, 11) is 2.27. The molecule has 192 valence electrons. The maximum absolute atomic E-state index is 8.88. The fraction of sp³-hybridized carbons (Fsp3) is 0.926. The van der Waals surface area contributed by atoms with Crippen molar-refractivity contribution < 1.29 is 24.2 Å². The molecule has 2 N–H and O–H groups in total. The lowest BCUT2D eigenvalue weighted by Crippen LogP contribution is -2.49. The van der Waals surface area contributed by atoms with E-state index in [1.807, 2.05) is 0 Å². The SMILES string of the molecule is CCCCCCCC/C=C\CCCCCCCC[N+](C)(CCOCCO)CCOCCO. The number of nitrogens with zero attached hydrogens (tertiary/aromatic N) is 1. The third kappa shape index (κ3) is 22.7. The van der Waals surface area contributed by atoms with Crippen LogP contribution in [0, 0.1) is 0 Å². The minimum absolute atomic E-state index is 0.0816. The first-order chi connectivity index (χ1) is 15.7. The molecule has 5 nitrogen and oxygen atoms in total. The highest BCUT2D eigenvalue weighted by atomic mass is 16.5. The van der Waals surface area contributed by atoms with E-state index in [2.05, 4.69) is 26.1 Å². The topological polar surface area (TPSA) is 58.9 Å². The molecule has 0 radical (unpaired) electrons. The van der Waals surface area contributed by atoms with Gasteiger partial charge in [0.15, 0.2) is 0 Å². The van der Waals surface area contributed by atoms with Gasteiger partial charge in [0.25, 0.3) is 0 Å². The minimum atomic E-state index is 0.0816. The smallest absolute Gasteiger partial charge is 0.102 e. The van der Waals surface area contributed by atoms with E-state index in [-0.39, 0.29) is 13.2 Å². The third-order valence-electron chi connectivity index (χ3n) is 6.23. The average Bonchev–Trinajstić information content (AvgIpc) is 2.79. The highest BCUT2D eigenvalue weighted by molar-refractivity contribution is 4.81. The molecule has 32 heavy (non-hydrogen) atoms. The zero-order valence-electron chi connectivity index (χ0n) is 21.6. The van der Waals surface area contributed by atoms with Gasteiger partial charge in [-0.05, 0) is 38.5 Å². The molecule has 0 rings (SSSR count). The summed E-state index contributed by atoms with van der Waals surface area (Å²) in [5.74, 6) is 0. The molecule has 0 saturated heterocycles. The number of rotatable bonds is 26. The first kappa shape index (κ1) is 31.5. The van der Waals surface area contributed by atoms with Gasteiger partial charge in [0, 0.05) is 0 Å². The normalized spacial score (nSPS) is 12.2. The third-order valence-corrected chi connectivity index (χ3v) is 6.23. The molecule has 0 heterocycles. The van der Waals surface area contributed by atoms with Gasteiger partial charge in [-0.25, -0.2) is 0 Å². The van der Waals surface area contributed by atoms with Gasteiger partial charge in [0.2, 0.25) is 0 Å². The van der Waals surface area contributed by atoms with Crippen LogP contribution >= 0.6 is 0 Å². The first-order valence-corrected chi connectivity index (χ1v) is 13.5. The fourth-order valence-electron chi connectivity index (χ4n) is 3.98. The zero-order chi connectivity index (χ0) is 23.6. The summed E-state index contributed by atoms with van der Waals surface area (Å²) in [5.41, 5.74) is 0. The number of quaternary nitrogens is 1. The molecule has 0 fully saturated rings. The molecule has 0 aliphatic carbocycles. The summed E-state index contributed by atoms with van der Waals surface area (Å²) in [6.07, 6.45) is 23.5. The number of ether oxygens (including phenoxy) is 2. The van der Waals surface area contributed by atoms with Crippen molar-refractivity contribution in [2.24, 2.45) is 0 Å². The number of hydrogen-bond donors (Lipinski definition) is 2. The van der Waals surface area contributed by atoms with Crippen molar-refractivity contribution in [1.29, 1.82) is 0 Å². The Morgan fingerprint density at radius 1 is 0.562 bits per heavy atom. The van der Waals surface area contributed by atoms with Crippen molar-refractivity contribution in [2.45, 2.75) is 96.8 Å². The Labute approximate surface area is 199 Å². The molecule has 0 saturated carbocycles. The van der Waals surface area contributed by atoms with Gasteiger partial charge in [-0.2, -0.15) is 0 Å². The second-order valence-corrected chi connectivity index (χ2v) is 9.40. The van der Waals surface area contributed by atoms with Crippen molar-refractivity contribution >= 4 is 0 Å². The van der Waals surface area contributed by atoms with Crippen LogP contribution in [-0.4, -0.2) is 81.0 Å². The Bertz CT molecular complexity index is 378. The van der Waals surface area contributed by atoms with Crippen LogP contribution in [0.3, 0.4) is 0 Å². The Morgan fingerprint density at radius 3 is 1.47 bits per heavy atom. The second-order valence-electron chi connectivity index (χ2n) is 9.40. The van der Waals surface area contributed by atoms with Crippen LogP contribution in [0.15, 0.2) is 12.2 Å². The molecule has 0 aliphatic rings. The number of hydrogen-bond acceptors (Lipinski definition) is 4. The van der Waals surface area contributed by atoms with Gasteiger partial charge < -0.3 is 24.2 Å². The van der Waals surface area contributed by atoms with Gasteiger partial charge in [-0.15, -0.1) is 0 Å². The average molecular weight is 459 g/mol. The number of likely N-dealkylation sites (N-methyl/N-ethyl adjacent to an activating group) is 1. The minimum Gasteiger partial charge on any atom is -0.394 e. The van der Waals surface area contributed by atoms with E-state index in [1.54, 1.807) is 0 Å². The van der Waals surface area contributed by atoms with Crippen molar-refractivity contribution in [2.75, 3.05) is 66.3 Å². The molecule has 0 bridgehead atoms. The van der Waals surface area contributed by atoms with Gasteiger partial charge in [0.1, 0.15) is 13.1 Å². The van der Waals surface area contributed by atoms with E-state index in [4.69, 9.17) is 19.7 Å². The maximum atomic E-state index is 8.88. The maximum Gasteiger partial charge on any atom is 0.102 e. The fourth-order valence-corrected chi connectivity index (χ4v) is 3.98. The van der Waals surface area contributed by atoms with Crippen molar-refractivity contribution in [3.63, 3.8) is 0 Å². The number of unbranched alkanes of at least 4 members (excludes halogenated alkanes) is 12. The number of aliphatic hydroxyl groups excluding tert-OH is 2. The molecular weight excluding hydrogens is 402 g/mol. The molecule has 5 heteroatoms. The molecule has 0 atom stereocenters.